The first-order valence-corrected chi connectivity index (χ1v) is 10.4. The maximum Gasteiger partial charge on any atom is 0.254 e. The molecule has 4 atom stereocenters. The van der Waals surface area contributed by atoms with Gasteiger partial charge in [0.25, 0.3) is 11.8 Å². The summed E-state index contributed by atoms with van der Waals surface area (Å²) in [6.07, 6.45) is 8.83. The quantitative estimate of drug-likeness (QED) is 0.383. The zero-order valence-corrected chi connectivity index (χ0v) is 16.4. The van der Waals surface area contributed by atoms with E-state index in [0.717, 1.165) is 34.4 Å². The molecule has 1 saturated carbocycles. The summed E-state index contributed by atoms with van der Waals surface area (Å²) in [6.45, 7) is 0.746. The lowest BCUT2D eigenvalue weighted by Crippen LogP contribution is -2.28. The minimum atomic E-state index is -0.218. The molecule has 0 unspecified atom stereocenters. The maximum atomic E-state index is 12.9. The highest BCUT2D eigenvalue weighted by Gasteiger charge is 2.59. The van der Waals surface area contributed by atoms with Gasteiger partial charge in [-0.3, -0.25) is 9.59 Å². The first-order valence-electron chi connectivity index (χ1n) is 10.4. The normalized spacial score (nSPS) is 27.1. The molecule has 5 heteroatoms. The molecule has 0 spiro atoms. The number of aromatic nitrogens is 1. The lowest BCUT2D eigenvalue weighted by Gasteiger charge is -2.13. The van der Waals surface area contributed by atoms with Crippen molar-refractivity contribution < 1.29 is 9.59 Å². The molecule has 3 aromatic rings. The number of imide groups is 1. The second-order valence-corrected chi connectivity index (χ2v) is 8.45. The van der Waals surface area contributed by atoms with Gasteiger partial charge in [0, 0.05) is 29.2 Å². The van der Waals surface area contributed by atoms with Crippen molar-refractivity contribution in [3.8, 4) is 0 Å². The Kier molecular flexibility index (Phi) is 3.78. The van der Waals surface area contributed by atoms with Crippen LogP contribution < -0.4 is 0 Å². The van der Waals surface area contributed by atoms with Gasteiger partial charge in [-0.2, -0.15) is 10.1 Å². The Balaban J connectivity index is 1.32. The van der Waals surface area contributed by atoms with Crippen molar-refractivity contribution in [1.82, 2.24) is 9.58 Å². The average Bonchev–Trinajstić information content (AvgIpc) is 3.52. The minimum Gasteiger partial charge on any atom is -0.342 e. The first-order chi connectivity index (χ1) is 14.7. The van der Waals surface area contributed by atoms with Crippen LogP contribution in [0.2, 0.25) is 0 Å². The third-order valence-electron chi connectivity index (χ3n) is 6.77. The number of benzene rings is 2. The van der Waals surface area contributed by atoms with Crippen LogP contribution in [0.1, 0.15) is 17.5 Å². The largest absolute Gasteiger partial charge is 0.342 e. The minimum absolute atomic E-state index is 0.147. The highest BCUT2D eigenvalue weighted by molar-refractivity contribution is 6.07. The smallest absolute Gasteiger partial charge is 0.254 e. The number of hydrogen-bond donors (Lipinski definition) is 0. The van der Waals surface area contributed by atoms with Crippen LogP contribution in [0.3, 0.4) is 0 Å². The summed E-state index contributed by atoms with van der Waals surface area (Å²) < 4.78 is 2.18. The number of hydrogen-bond acceptors (Lipinski definition) is 3. The number of nitrogens with zero attached hydrogens (tertiary/aromatic N) is 3. The van der Waals surface area contributed by atoms with Gasteiger partial charge in [0.05, 0.1) is 18.1 Å². The van der Waals surface area contributed by atoms with Crippen LogP contribution in [0.5, 0.6) is 0 Å². The van der Waals surface area contributed by atoms with Crippen molar-refractivity contribution in [3.05, 3.63) is 84.1 Å². The fourth-order valence-corrected chi connectivity index (χ4v) is 5.41. The third kappa shape index (κ3) is 2.51. The van der Waals surface area contributed by atoms with Crippen LogP contribution in [0.15, 0.2) is 78.0 Å². The molecule has 2 heterocycles. The summed E-state index contributed by atoms with van der Waals surface area (Å²) in [5.41, 5.74) is 3.21. The Morgan fingerprint density at radius 2 is 1.57 bits per heavy atom. The molecule has 3 aliphatic rings. The molecule has 148 valence electrons. The third-order valence-corrected chi connectivity index (χ3v) is 6.77. The van der Waals surface area contributed by atoms with E-state index in [4.69, 9.17) is 0 Å². The van der Waals surface area contributed by atoms with Crippen molar-refractivity contribution in [1.29, 1.82) is 0 Å². The molecule has 1 aromatic heterocycles. The number of allylic oxidation sites excluding steroid dienone is 2. The van der Waals surface area contributed by atoms with Crippen molar-refractivity contribution in [3.63, 3.8) is 0 Å². The molecule has 1 aliphatic heterocycles. The average molecular weight is 395 g/mol. The molecule has 2 aromatic carbocycles. The van der Waals surface area contributed by atoms with E-state index in [9.17, 15) is 9.59 Å². The molecule has 2 fully saturated rings. The van der Waals surface area contributed by atoms with Crippen molar-refractivity contribution in [2.75, 3.05) is 0 Å². The van der Waals surface area contributed by atoms with Crippen LogP contribution in [-0.4, -0.2) is 27.6 Å². The van der Waals surface area contributed by atoms with E-state index in [-0.39, 0.29) is 35.5 Å². The maximum absolute atomic E-state index is 12.9. The Hall–Kier alpha value is -3.47. The predicted molar refractivity (Wildman–Crippen MR) is 115 cm³/mol. The predicted octanol–water partition coefficient (Wildman–Crippen LogP) is 3.83. The Bertz CT molecular complexity index is 1190. The lowest BCUT2D eigenvalue weighted by atomic mass is 9.85. The van der Waals surface area contributed by atoms with Gasteiger partial charge in [-0.1, -0.05) is 60.7 Å². The molecule has 30 heavy (non-hydrogen) atoms. The highest BCUT2D eigenvalue weighted by atomic mass is 16.2. The first kappa shape index (κ1) is 17.4. The Morgan fingerprint density at radius 1 is 0.900 bits per heavy atom. The van der Waals surface area contributed by atoms with E-state index in [1.165, 1.54) is 5.56 Å². The van der Waals surface area contributed by atoms with Crippen LogP contribution in [0.25, 0.3) is 10.9 Å². The van der Waals surface area contributed by atoms with Gasteiger partial charge in [-0.25, -0.2) is 0 Å². The Morgan fingerprint density at radius 3 is 2.30 bits per heavy atom. The van der Waals surface area contributed by atoms with Gasteiger partial charge in [0.2, 0.25) is 0 Å². The van der Waals surface area contributed by atoms with E-state index < -0.39 is 0 Å². The molecule has 2 aliphatic carbocycles. The molecule has 6 rings (SSSR count). The second kappa shape index (κ2) is 6.52. The number of carbonyl (C=O) groups is 2. The highest BCUT2D eigenvalue weighted by Crippen LogP contribution is 2.52. The van der Waals surface area contributed by atoms with Crippen LogP contribution in [0, 0.1) is 23.7 Å². The number of carbonyl (C=O) groups excluding carboxylic acids is 2. The second-order valence-electron chi connectivity index (χ2n) is 8.45. The van der Waals surface area contributed by atoms with E-state index in [2.05, 4.69) is 40.0 Å². The number of fused-ring (bicyclic) bond motifs is 6. The molecular weight excluding hydrogens is 374 g/mol. The van der Waals surface area contributed by atoms with Gasteiger partial charge in [0.15, 0.2) is 0 Å². The lowest BCUT2D eigenvalue weighted by molar-refractivity contribution is -0.140. The van der Waals surface area contributed by atoms with Crippen LogP contribution in [0.4, 0.5) is 0 Å². The summed E-state index contributed by atoms with van der Waals surface area (Å²) in [5, 5.41) is 6.54. The number of amides is 2. The van der Waals surface area contributed by atoms with E-state index in [1.54, 1.807) is 6.21 Å². The number of hydrazone groups is 1. The monoisotopic (exact) mass is 395 g/mol. The van der Waals surface area contributed by atoms with Gasteiger partial charge < -0.3 is 4.57 Å². The fraction of sp³-hybridized carbons (Fsp3) is 0.240. The molecule has 5 nitrogen and oxygen atoms in total. The zero-order chi connectivity index (χ0) is 20.2. The number of para-hydroxylation sites is 1. The molecule has 2 amide bonds. The Labute approximate surface area is 174 Å². The van der Waals surface area contributed by atoms with Crippen molar-refractivity contribution >= 4 is 28.9 Å². The summed E-state index contributed by atoms with van der Waals surface area (Å²) in [6, 6.07) is 18.4. The van der Waals surface area contributed by atoms with Gasteiger partial charge in [-0.15, -0.1) is 0 Å². The summed E-state index contributed by atoms with van der Waals surface area (Å²) >= 11 is 0. The fourth-order valence-electron chi connectivity index (χ4n) is 5.41. The van der Waals surface area contributed by atoms with Crippen LogP contribution >= 0.6 is 0 Å². The molecular formula is C25H21N3O2. The zero-order valence-electron chi connectivity index (χ0n) is 16.4. The van der Waals surface area contributed by atoms with Crippen molar-refractivity contribution in [2.45, 2.75) is 13.0 Å². The van der Waals surface area contributed by atoms with E-state index in [0.29, 0.717) is 0 Å². The molecule has 0 N–H and O–H groups in total. The standard InChI is InChI=1S/C25H21N3O2/c29-24-22-17-10-11-18(12-17)23(22)25(30)28(24)26-13-19-15-27(14-16-6-2-1-3-7-16)21-9-5-4-8-20(19)21/h1-11,13,15,17-18,22-23H,12,14H2/b26-13-/t17-,18+,22-,23+. The van der Waals surface area contributed by atoms with Gasteiger partial charge >= 0.3 is 0 Å². The molecule has 2 bridgehead atoms. The summed E-state index contributed by atoms with van der Waals surface area (Å²) in [4.78, 5) is 25.7. The van der Waals surface area contributed by atoms with E-state index in [1.807, 2.05) is 42.6 Å². The summed E-state index contributed by atoms with van der Waals surface area (Å²) in [7, 11) is 0. The number of rotatable bonds is 4. The van der Waals surface area contributed by atoms with Gasteiger partial charge in [0.1, 0.15) is 0 Å². The van der Waals surface area contributed by atoms with Crippen LogP contribution in [-0.2, 0) is 16.1 Å². The topological polar surface area (TPSA) is 54.7 Å². The summed E-state index contributed by atoms with van der Waals surface area (Å²) in [5.74, 6) is -0.334. The van der Waals surface area contributed by atoms with Gasteiger partial charge in [-0.05, 0) is 29.9 Å². The molecule has 1 saturated heterocycles. The van der Waals surface area contributed by atoms with Crippen molar-refractivity contribution in [2.24, 2.45) is 28.8 Å². The SMILES string of the molecule is O=C1[C@@H]2[C@H](C(=O)N1/N=C\c1cn(Cc3ccccc3)c3ccccc13)[C@@H]1C=C[C@H]2C1. The molecule has 0 radical (unpaired) electrons. The van der Waals surface area contributed by atoms with E-state index >= 15 is 0 Å².